The van der Waals surface area contributed by atoms with Crippen LogP contribution in [0, 0.1) is 0 Å². The highest BCUT2D eigenvalue weighted by Gasteiger charge is 2.15. The fourth-order valence-electron chi connectivity index (χ4n) is 2.09. The maximum absolute atomic E-state index is 12.1. The average molecular weight is 377 g/mol. The van der Waals surface area contributed by atoms with Crippen LogP contribution in [0.1, 0.15) is 22.8 Å². The van der Waals surface area contributed by atoms with Crippen LogP contribution < -0.4 is 19.6 Å². The molecule has 26 heavy (non-hydrogen) atoms. The fraction of sp³-hybridized carbons (Fsp3) is 0.167. The van der Waals surface area contributed by atoms with E-state index >= 15 is 0 Å². The van der Waals surface area contributed by atoms with Gasteiger partial charge in [-0.15, -0.1) is 0 Å². The number of amides is 1. The smallest absolute Gasteiger partial charge is 0.308 e. The van der Waals surface area contributed by atoms with Crippen LogP contribution in [0.5, 0.6) is 17.2 Å². The summed E-state index contributed by atoms with van der Waals surface area (Å²) >= 11 is 5.97. The van der Waals surface area contributed by atoms with Gasteiger partial charge in [0.25, 0.3) is 5.91 Å². The molecule has 0 aliphatic heterocycles. The number of nitrogens with one attached hydrogen (secondary N) is 1. The van der Waals surface area contributed by atoms with Crippen molar-refractivity contribution in [1.29, 1.82) is 0 Å². The molecule has 2 rings (SSSR count). The second-order valence-electron chi connectivity index (χ2n) is 5.03. The minimum atomic E-state index is -0.505. The van der Waals surface area contributed by atoms with E-state index in [4.69, 9.17) is 25.8 Å². The van der Waals surface area contributed by atoms with E-state index in [1.54, 1.807) is 36.4 Å². The van der Waals surface area contributed by atoms with Gasteiger partial charge in [0.15, 0.2) is 11.5 Å². The lowest BCUT2D eigenvalue weighted by atomic mass is 10.2. The number of esters is 1. The Morgan fingerprint density at radius 2 is 1.73 bits per heavy atom. The highest BCUT2D eigenvalue weighted by molar-refractivity contribution is 6.33. The summed E-state index contributed by atoms with van der Waals surface area (Å²) < 4.78 is 15.5. The molecule has 0 saturated heterocycles. The number of nitrogens with zero attached hydrogens (tertiary/aromatic N) is 1. The largest absolute Gasteiger partial charge is 0.493 e. The molecule has 0 aliphatic carbocycles. The monoisotopic (exact) mass is 376 g/mol. The van der Waals surface area contributed by atoms with Crippen LogP contribution in [-0.4, -0.2) is 32.3 Å². The molecule has 2 aromatic rings. The zero-order chi connectivity index (χ0) is 19.1. The maximum Gasteiger partial charge on any atom is 0.308 e. The van der Waals surface area contributed by atoms with E-state index in [0.717, 1.165) is 0 Å². The van der Waals surface area contributed by atoms with Crippen LogP contribution in [0.4, 0.5) is 0 Å². The molecule has 7 nitrogen and oxygen atoms in total. The molecular weight excluding hydrogens is 360 g/mol. The van der Waals surface area contributed by atoms with E-state index in [2.05, 4.69) is 10.5 Å². The highest BCUT2D eigenvalue weighted by Crippen LogP contribution is 2.38. The molecule has 2 aromatic carbocycles. The predicted octanol–water partition coefficient (Wildman–Crippen LogP) is 3.05. The maximum atomic E-state index is 12.1. The Balaban J connectivity index is 2.21. The van der Waals surface area contributed by atoms with Crippen molar-refractivity contribution in [3.63, 3.8) is 0 Å². The number of carbonyl (C=O) groups excluding carboxylic acids is 2. The summed E-state index contributed by atoms with van der Waals surface area (Å²) in [5.74, 6) is -0.200. The van der Waals surface area contributed by atoms with Crippen molar-refractivity contribution in [2.24, 2.45) is 5.10 Å². The molecule has 0 heterocycles. The van der Waals surface area contributed by atoms with Crippen LogP contribution in [0.15, 0.2) is 41.5 Å². The first-order valence-electron chi connectivity index (χ1n) is 7.48. The van der Waals surface area contributed by atoms with E-state index < -0.39 is 11.9 Å². The zero-order valence-electron chi connectivity index (χ0n) is 14.4. The van der Waals surface area contributed by atoms with Gasteiger partial charge in [0, 0.05) is 12.5 Å². The number of rotatable bonds is 6. The van der Waals surface area contributed by atoms with Gasteiger partial charge in [0.2, 0.25) is 5.75 Å². The topological polar surface area (TPSA) is 86.2 Å². The first-order valence-corrected chi connectivity index (χ1v) is 7.86. The average Bonchev–Trinajstić information content (AvgIpc) is 2.62. The van der Waals surface area contributed by atoms with Crippen molar-refractivity contribution < 1.29 is 23.8 Å². The highest BCUT2D eigenvalue weighted by atomic mass is 35.5. The SMILES string of the molecule is COc1cc(/C=N/NC(=O)c2ccccc2Cl)cc(OC)c1OC(C)=O. The second kappa shape index (κ2) is 8.87. The van der Waals surface area contributed by atoms with Crippen molar-refractivity contribution >= 4 is 29.7 Å². The molecule has 8 heteroatoms. The summed E-state index contributed by atoms with van der Waals surface area (Å²) in [5, 5.41) is 4.23. The lowest BCUT2D eigenvalue weighted by Gasteiger charge is -2.13. The summed E-state index contributed by atoms with van der Waals surface area (Å²) in [6.07, 6.45) is 1.40. The number of ether oxygens (including phenoxy) is 3. The Kier molecular flexibility index (Phi) is 6.57. The van der Waals surface area contributed by atoms with Gasteiger partial charge in [-0.1, -0.05) is 23.7 Å². The van der Waals surface area contributed by atoms with Gasteiger partial charge in [-0.3, -0.25) is 9.59 Å². The summed E-state index contributed by atoms with van der Waals surface area (Å²) in [4.78, 5) is 23.3. The number of benzene rings is 2. The number of halogens is 1. The minimum Gasteiger partial charge on any atom is -0.493 e. The van der Waals surface area contributed by atoms with Gasteiger partial charge in [-0.2, -0.15) is 5.10 Å². The van der Waals surface area contributed by atoms with Gasteiger partial charge in [0.1, 0.15) is 0 Å². The zero-order valence-corrected chi connectivity index (χ0v) is 15.2. The van der Waals surface area contributed by atoms with Crippen LogP contribution >= 0.6 is 11.6 Å². The van der Waals surface area contributed by atoms with E-state index in [-0.39, 0.29) is 5.75 Å². The summed E-state index contributed by atoms with van der Waals surface area (Å²) in [6.45, 7) is 1.28. The predicted molar refractivity (Wildman–Crippen MR) is 97.4 cm³/mol. The molecule has 0 unspecified atom stereocenters. The molecule has 0 spiro atoms. The van der Waals surface area contributed by atoms with Crippen molar-refractivity contribution in [1.82, 2.24) is 5.43 Å². The van der Waals surface area contributed by atoms with Gasteiger partial charge >= 0.3 is 5.97 Å². The molecule has 136 valence electrons. The Bertz CT molecular complexity index is 826. The van der Waals surface area contributed by atoms with E-state index in [1.807, 2.05) is 0 Å². The summed E-state index contributed by atoms with van der Waals surface area (Å²) in [5.41, 5.74) is 3.26. The van der Waals surface area contributed by atoms with Gasteiger partial charge in [0.05, 0.1) is 31.0 Å². The first-order chi connectivity index (χ1) is 12.5. The third-order valence-electron chi connectivity index (χ3n) is 3.23. The minimum absolute atomic E-state index is 0.166. The van der Waals surface area contributed by atoms with Crippen molar-refractivity contribution in [3.8, 4) is 17.2 Å². The molecule has 0 saturated carbocycles. The summed E-state index contributed by atoms with van der Waals surface area (Å²) in [7, 11) is 2.86. The lowest BCUT2D eigenvalue weighted by Crippen LogP contribution is -2.18. The van der Waals surface area contributed by atoms with Crippen molar-refractivity contribution in [2.45, 2.75) is 6.92 Å². The third kappa shape index (κ3) is 4.73. The molecular formula is C18H17ClN2O5. The van der Waals surface area contributed by atoms with E-state index in [9.17, 15) is 9.59 Å². The number of carbonyl (C=O) groups is 2. The van der Waals surface area contributed by atoms with Crippen LogP contribution in [0.25, 0.3) is 0 Å². The third-order valence-corrected chi connectivity index (χ3v) is 3.56. The standard InChI is InChI=1S/C18H17ClN2O5/c1-11(22)26-17-15(24-2)8-12(9-16(17)25-3)10-20-21-18(23)13-6-4-5-7-14(13)19/h4-10H,1-3H3,(H,21,23)/b20-10+. The normalized spacial score (nSPS) is 10.5. The number of methoxy groups -OCH3 is 2. The van der Waals surface area contributed by atoms with E-state index in [1.165, 1.54) is 27.4 Å². The molecule has 1 amide bonds. The van der Waals surface area contributed by atoms with E-state index in [0.29, 0.717) is 27.6 Å². The quantitative estimate of drug-likeness (QED) is 0.362. The van der Waals surface area contributed by atoms with Crippen LogP contribution in [0.2, 0.25) is 5.02 Å². The Morgan fingerprint density at radius 3 is 2.27 bits per heavy atom. The molecule has 1 N–H and O–H groups in total. The Hall–Kier alpha value is -3.06. The molecule has 0 aliphatic rings. The van der Waals surface area contributed by atoms with Gasteiger partial charge < -0.3 is 14.2 Å². The van der Waals surface area contributed by atoms with Gasteiger partial charge in [-0.25, -0.2) is 5.43 Å². The number of hydrazone groups is 1. The molecule has 0 aromatic heterocycles. The van der Waals surface area contributed by atoms with Gasteiger partial charge in [-0.05, 0) is 24.3 Å². The lowest BCUT2D eigenvalue weighted by molar-refractivity contribution is -0.132. The number of hydrogen-bond donors (Lipinski definition) is 1. The molecule has 0 fully saturated rings. The van der Waals surface area contributed by atoms with Crippen LogP contribution in [-0.2, 0) is 4.79 Å². The summed E-state index contributed by atoms with van der Waals surface area (Å²) in [6, 6.07) is 9.81. The fourth-order valence-corrected chi connectivity index (χ4v) is 2.31. The first kappa shape index (κ1) is 19.3. The van der Waals surface area contributed by atoms with Crippen molar-refractivity contribution in [3.05, 3.63) is 52.5 Å². The molecule has 0 radical (unpaired) electrons. The van der Waals surface area contributed by atoms with Crippen LogP contribution in [0.3, 0.4) is 0 Å². The Labute approximate surface area is 155 Å². The number of hydrogen-bond acceptors (Lipinski definition) is 6. The molecule has 0 atom stereocenters. The Morgan fingerprint density at radius 1 is 1.12 bits per heavy atom. The molecule has 0 bridgehead atoms. The van der Waals surface area contributed by atoms with Crippen molar-refractivity contribution in [2.75, 3.05) is 14.2 Å². The second-order valence-corrected chi connectivity index (χ2v) is 5.43.